The average molecular weight is 847 g/mol. The number of anilines is 1. The van der Waals surface area contributed by atoms with E-state index in [0.717, 1.165) is 28.5 Å². The molecule has 20 heteroatoms. The molecule has 1 fully saturated rings. The molecule has 6 aromatic rings. The first-order valence-electron chi connectivity index (χ1n) is 18.0. The van der Waals surface area contributed by atoms with E-state index in [1.165, 1.54) is 29.9 Å². The third-order valence-electron chi connectivity index (χ3n) is 10.7. The summed E-state index contributed by atoms with van der Waals surface area (Å²) >= 11 is 6.61. The number of alkyl halides is 4. The number of halogens is 7. The highest BCUT2D eigenvalue weighted by Crippen LogP contribution is 2.68. The minimum Gasteiger partial charge on any atom is -0.368 e. The van der Waals surface area contributed by atoms with Gasteiger partial charge in [0.05, 0.1) is 44.7 Å². The lowest BCUT2D eigenvalue weighted by atomic mass is 9.89. The molecule has 304 valence electrons. The Balaban J connectivity index is 1.49. The summed E-state index contributed by atoms with van der Waals surface area (Å²) in [6.07, 6.45) is -1.89. The summed E-state index contributed by atoms with van der Waals surface area (Å²) in [5, 5.41) is 8.27. The van der Waals surface area contributed by atoms with E-state index in [1.807, 2.05) is 6.92 Å². The molecule has 0 radical (unpaired) electrons. The van der Waals surface area contributed by atoms with E-state index in [2.05, 4.69) is 14.9 Å². The molecular formula is C38H33ClF6N8O4S. The number of benzene rings is 3. The van der Waals surface area contributed by atoms with Crippen molar-refractivity contribution >= 4 is 55.2 Å². The molecule has 3 heterocycles. The normalized spacial score (nSPS) is 18.1. The molecule has 0 aliphatic heterocycles. The predicted molar refractivity (Wildman–Crippen MR) is 202 cm³/mol. The van der Waals surface area contributed by atoms with Crippen molar-refractivity contribution < 1.29 is 39.6 Å². The number of primary amides is 1. The van der Waals surface area contributed by atoms with Crippen molar-refractivity contribution in [2.75, 3.05) is 11.0 Å². The molecule has 2 aliphatic carbocycles. The van der Waals surface area contributed by atoms with Gasteiger partial charge in [-0.15, -0.1) is 0 Å². The van der Waals surface area contributed by atoms with E-state index in [1.54, 1.807) is 12.1 Å². The lowest BCUT2D eigenvalue weighted by Gasteiger charge is -2.30. The predicted octanol–water partition coefficient (Wildman–Crippen LogP) is 6.92. The molecule has 3 N–H and O–H groups in total. The summed E-state index contributed by atoms with van der Waals surface area (Å²) in [5.74, 6) is -11.7. The maximum atomic E-state index is 16.1. The Morgan fingerprint density at radius 1 is 1.07 bits per heavy atom. The second-order valence-electron chi connectivity index (χ2n) is 14.7. The summed E-state index contributed by atoms with van der Waals surface area (Å²) in [4.78, 5) is 33.7. The maximum absolute atomic E-state index is 16.1. The standard InChI is InChI=1S/C38H33ClF6N8O4S/c1-4-5-16-6-7-20-25(13-16)47-36(52(37(20)55)26-9-8-24(39)28-31(26)51(2)49-35(28)50-58(3,56)57)22(12-17-10-18(40)14-19(41)11-17)30(34(46)54)53-32-27(29(48-53)33(42)43)21-15-23(21)38(32,44)45/h6-11,13-14,21-23,30,33H,4-5,12,15H2,1-3H3,(H2,46,54)(H,49,50)/t21-,22-,23+,30?/m0/s1. The van der Waals surface area contributed by atoms with Crippen molar-refractivity contribution in [3.8, 4) is 5.69 Å². The zero-order chi connectivity index (χ0) is 41.7. The smallest absolute Gasteiger partial charge is 0.293 e. The quantitative estimate of drug-likeness (QED) is 0.127. The summed E-state index contributed by atoms with van der Waals surface area (Å²) in [7, 11) is -2.50. The average Bonchev–Trinajstić information content (AvgIpc) is 3.65. The van der Waals surface area contributed by atoms with Gasteiger partial charge in [-0.1, -0.05) is 31.0 Å². The van der Waals surface area contributed by atoms with Crippen LogP contribution in [0.3, 0.4) is 0 Å². The SMILES string of the molecule is CCCc1ccc2c(=O)n(-c3ccc(Cl)c4c(NS(C)(=O)=O)nn(C)c34)c([C@@H](Cc3cc(F)cc(F)c3)C(C(N)=O)n3nc(C(F)F)c4c3C(F)(F)[C@@H]3C[C@H]43)nc2c1. The highest BCUT2D eigenvalue weighted by molar-refractivity contribution is 7.92. The van der Waals surface area contributed by atoms with Gasteiger partial charge < -0.3 is 5.73 Å². The van der Waals surface area contributed by atoms with E-state index < -0.39 is 92.6 Å². The van der Waals surface area contributed by atoms with Gasteiger partial charge in [0.25, 0.3) is 17.9 Å². The number of nitrogens with two attached hydrogens (primary N) is 1. The first-order valence-corrected chi connectivity index (χ1v) is 20.3. The van der Waals surface area contributed by atoms with Crippen LogP contribution in [0, 0.1) is 17.6 Å². The number of fused-ring (bicyclic) bond motifs is 5. The van der Waals surface area contributed by atoms with Crippen LogP contribution >= 0.6 is 11.6 Å². The molecule has 12 nitrogen and oxygen atoms in total. The van der Waals surface area contributed by atoms with Crippen LogP contribution in [0.15, 0.2) is 53.3 Å². The van der Waals surface area contributed by atoms with E-state index in [9.17, 15) is 35.6 Å². The Labute approximate surface area is 330 Å². The van der Waals surface area contributed by atoms with E-state index >= 15 is 8.78 Å². The summed E-state index contributed by atoms with van der Waals surface area (Å²) in [5.41, 5.74) is 3.66. The third-order valence-corrected chi connectivity index (χ3v) is 11.6. The third kappa shape index (κ3) is 6.47. The van der Waals surface area contributed by atoms with Crippen molar-refractivity contribution in [3.63, 3.8) is 0 Å². The first kappa shape index (κ1) is 39.4. The zero-order valence-corrected chi connectivity index (χ0v) is 32.4. The van der Waals surface area contributed by atoms with Gasteiger partial charge in [-0.25, -0.2) is 35.6 Å². The molecule has 0 bridgehead atoms. The van der Waals surface area contributed by atoms with Crippen molar-refractivity contribution in [1.29, 1.82) is 0 Å². The molecule has 3 aromatic heterocycles. The topological polar surface area (TPSA) is 160 Å². The molecule has 58 heavy (non-hydrogen) atoms. The van der Waals surface area contributed by atoms with Gasteiger partial charge in [-0.3, -0.25) is 23.6 Å². The molecule has 2 aliphatic rings. The Morgan fingerprint density at radius 3 is 2.41 bits per heavy atom. The molecule has 4 atom stereocenters. The highest BCUT2D eigenvalue weighted by atomic mass is 35.5. The number of aromatic nitrogens is 6. The first-order chi connectivity index (χ1) is 27.3. The minimum atomic E-state index is -3.93. The Morgan fingerprint density at radius 2 is 1.78 bits per heavy atom. The molecule has 0 saturated heterocycles. The van der Waals surface area contributed by atoms with Crippen molar-refractivity contribution in [2.24, 2.45) is 18.7 Å². The summed E-state index contributed by atoms with van der Waals surface area (Å²) in [6, 6.07) is 7.87. The number of nitrogens with zero attached hydrogens (tertiary/aromatic N) is 6. The van der Waals surface area contributed by atoms with Crippen LogP contribution in [0.2, 0.25) is 5.02 Å². The van der Waals surface area contributed by atoms with E-state index in [-0.39, 0.29) is 56.1 Å². The van der Waals surface area contributed by atoms with Gasteiger partial charge in [0.2, 0.25) is 15.9 Å². The number of sulfonamides is 1. The van der Waals surface area contributed by atoms with Gasteiger partial charge in [0.15, 0.2) is 5.82 Å². The summed E-state index contributed by atoms with van der Waals surface area (Å²) in [6.45, 7) is 1.93. The van der Waals surface area contributed by atoms with Gasteiger partial charge in [0.1, 0.15) is 34.9 Å². The maximum Gasteiger partial charge on any atom is 0.293 e. The largest absolute Gasteiger partial charge is 0.368 e. The van der Waals surface area contributed by atoms with Gasteiger partial charge in [-0.2, -0.15) is 19.0 Å². The van der Waals surface area contributed by atoms with E-state index in [4.69, 9.17) is 22.3 Å². The fourth-order valence-electron chi connectivity index (χ4n) is 8.39. The number of rotatable bonds is 12. The van der Waals surface area contributed by atoms with Gasteiger partial charge >= 0.3 is 0 Å². The number of carbonyl (C=O) groups excluding carboxylic acids is 1. The monoisotopic (exact) mass is 846 g/mol. The lowest BCUT2D eigenvalue weighted by Crippen LogP contribution is -2.39. The van der Waals surface area contributed by atoms with Crippen molar-refractivity contribution in [1.82, 2.24) is 29.1 Å². The Kier molecular flexibility index (Phi) is 9.41. The molecule has 3 aromatic carbocycles. The lowest BCUT2D eigenvalue weighted by molar-refractivity contribution is -0.122. The fraction of sp³-hybridized carbons (Fsp3) is 0.342. The Bertz CT molecular complexity index is 2860. The Hall–Kier alpha value is -5.43. The van der Waals surface area contributed by atoms with E-state index in [0.29, 0.717) is 23.6 Å². The minimum absolute atomic E-state index is 0.000202. The second kappa shape index (κ2) is 13.9. The number of hydrogen-bond acceptors (Lipinski definition) is 7. The molecule has 0 spiro atoms. The van der Waals surface area contributed by atoms with Gasteiger partial charge in [0, 0.05) is 24.6 Å². The van der Waals surface area contributed by atoms with Crippen LogP contribution in [-0.4, -0.2) is 49.7 Å². The number of aryl methyl sites for hydroxylation is 2. The van der Waals surface area contributed by atoms with Crippen LogP contribution in [0.5, 0.6) is 0 Å². The highest BCUT2D eigenvalue weighted by Gasteiger charge is 2.67. The number of amides is 1. The van der Waals surface area contributed by atoms with Gasteiger partial charge in [-0.05, 0) is 72.7 Å². The van der Waals surface area contributed by atoms with Crippen molar-refractivity contribution in [2.45, 2.75) is 62.8 Å². The van der Waals surface area contributed by atoms with Crippen molar-refractivity contribution in [3.05, 3.63) is 109 Å². The van der Waals surface area contributed by atoms with Crippen LogP contribution in [-0.2, 0) is 40.6 Å². The number of hydrogen-bond donors (Lipinski definition) is 2. The summed E-state index contributed by atoms with van der Waals surface area (Å²) < 4.78 is 121. The fourth-order valence-corrected chi connectivity index (χ4v) is 9.13. The van der Waals surface area contributed by atoms with Crippen LogP contribution in [0.25, 0.3) is 27.5 Å². The van der Waals surface area contributed by atoms with Crippen LogP contribution in [0.1, 0.15) is 78.0 Å². The number of nitrogens with one attached hydrogen (secondary N) is 1. The molecule has 1 saturated carbocycles. The van der Waals surface area contributed by atoms with Crippen LogP contribution < -0.4 is 16.0 Å². The molecule has 8 rings (SSSR count). The number of carbonyl (C=O) groups is 1. The molecular weight excluding hydrogens is 814 g/mol. The second-order valence-corrected chi connectivity index (χ2v) is 16.9. The molecule has 1 unspecified atom stereocenters. The van der Waals surface area contributed by atoms with Crippen LogP contribution in [0.4, 0.5) is 32.2 Å². The zero-order valence-electron chi connectivity index (χ0n) is 30.8. The molecule has 1 amide bonds.